The van der Waals surface area contributed by atoms with Crippen molar-refractivity contribution >= 4 is 5.91 Å². The summed E-state index contributed by atoms with van der Waals surface area (Å²) < 4.78 is 70.6. The van der Waals surface area contributed by atoms with Gasteiger partial charge in [-0.1, -0.05) is 36.4 Å². The number of amides is 1. The minimum Gasteiger partial charge on any atom is -0.447 e. The number of benzene rings is 3. The molecule has 0 aliphatic rings. The topological polar surface area (TPSA) is 58.4 Å². The lowest BCUT2D eigenvalue weighted by molar-refractivity contribution is -0.137. The smallest absolute Gasteiger partial charge is 0.416 e. The van der Waals surface area contributed by atoms with E-state index in [9.17, 15) is 26.7 Å². The largest absolute Gasteiger partial charge is 0.447 e. The number of carbonyl (C=O) groups excluding carboxylic acids is 1. The van der Waals surface area contributed by atoms with Crippen LogP contribution in [0.15, 0.2) is 83.5 Å². The number of halogens is 5. The third kappa shape index (κ3) is 7.47. The first-order chi connectivity index (χ1) is 17.7. The van der Waals surface area contributed by atoms with Gasteiger partial charge in [-0.15, -0.1) is 0 Å². The summed E-state index contributed by atoms with van der Waals surface area (Å²) in [6.45, 7) is 0.898. The molecule has 0 fully saturated rings. The molecule has 3 aromatic carbocycles. The van der Waals surface area contributed by atoms with Crippen molar-refractivity contribution in [2.75, 3.05) is 0 Å². The second-order valence-electron chi connectivity index (χ2n) is 8.40. The number of carbonyl (C=O) groups is 1. The van der Waals surface area contributed by atoms with E-state index >= 15 is 0 Å². The molecular formula is C27H22F5N3O2. The van der Waals surface area contributed by atoms with Gasteiger partial charge in [-0.2, -0.15) is 13.2 Å². The molecule has 1 aromatic heterocycles. The molecule has 5 nitrogen and oxygen atoms in total. The van der Waals surface area contributed by atoms with Crippen molar-refractivity contribution < 1.29 is 31.2 Å². The molecule has 37 heavy (non-hydrogen) atoms. The Hall–Kier alpha value is -4.05. The Balaban J connectivity index is 1.44. The fourth-order valence-electron chi connectivity index (χ4n) is 3.63. The van der Waals surface area contributed by atoms with Gasteiger partial charge in [-0.05, 0) is 53.1 Å². The molecule has 1 heterocycles. The maximum atomic E-state index is 13.3. The van der Waals surface area contributed by atoms with Crippen LogP contribution in [-0.2, 0) is 32.4 Å². The molecule has 10 heteroatoms. The lowest BCUT2D eigenvalue weighted by atomic mass is 10.1. The van der Waals surface area contributed by atoms with E-state index in [1.54, 1.807) is 24.3 Å². The quantitative estimate of drug-likeness (QED) is 0.274. The highest BCUT2D eigenvalue weighted by Gasteiger charge is 2.30. The summed E-state index contributed by atoms with van der Waals surface area (Å²) in [7, 11) is 0. The summed E-state index contributed by atoms with van der Waals surface area (Å²) in [6.07, 6.45) is -3.22. The zero-order chi connectivity index (χ0) is 26.4. The van der Waals surface area contributed by atoms with Crippen LogP contribution in [0.25, 0.3) is 0 Å². The zero-order valence-electron chi connectivity index (χ0n) is 19.4. The van der Waals surface area contributed by atoms with Gasteiger partial charge in [0.1, 0.15) is 17.9 Å². The summed E-state index contributed by atoms with van der Waals surface area (Å²) in [6, 6.07) is 16.4. The Labute approximate surface area is 209 Å². The van der Waals surface area contributed by atoms with Crippen molar-refractivity contribution in [2.24, 2.45) is 0 Å². The van der Waals surface area contributed by atoms with E-state index in [1.165, 1.54) is 42.7 Å². The molecule has 1 amide bonds. The van der Waals surface area contributed by atoms with Crippen molar-refractivity contribution in [1.29, 1.82) is 0 Å². The van der Waals surface area contributed by atoms with Crippen molar-refractivity contribution in [1.82, 2.24) is 15.2 Å². The maximum Gasteiger partial charge on any atom is 0.416 e. The lowest BCUT2D eigenvalue weighted by Gasteiger charge is -2.21. The second-order valence-corrected chi connectivity index (χ2v) is 8.40. The second kappa shape index (κ2) is 11.3. The van der Waals surface area contributed by atoms with Gasteiger partial charge < -0.3 is 9.73 Å². The van der Waals surface area contributed by atoms with Gasteiger partial charge in [0, 0.05) is 19.6 Å². The number of aromatic nitrogens is 1. The monoisotopic (exact) mass is 515 g/mol. The van der Waals surface area contributed by atoms with Gasteiger partial charge in [0.25, 0.3) is 5.91 Å². The molecular weight excluding hydrogens is 493 g/mol. The predicted molar refractivity (Wildman–Crippen MR) is 125 cm³/mol. The number of oxazole rings is 1. The molecule has 0 aliphatic carbocycles. The van der Waals surface area contributed by atoms with Crippen LogP contribution in [0.5, 0.6) is 0 Å². The number of hydrogen-bond acceptors (Lipinski definition) is 4. The summed E-state index contributed by atoms with van der Waals surface area (Å²) in [5, 5.41) is 2.68. The summed E-state index contributed by atoms with van der Waals surface area (Å²) in [5.74, 6) is -1.02. The van der Waals surface area contributed by atoms with E-state index in [0.717, 1.165) is 17.7 Å². The Kier molecular flexibility index (Phi) is 7.98. The number of nitrogens with one attached hydrogen (secondary N) is 1. The van der Waals surface area contributed by atoms with Gasteiger partial charge in [0.15, 0.2) is 5.69 Å². The molecule has 0 bridgehead atoms. The van der Waals surface area contributed by atoms with Crippen LogP contribution in [0.3, 0.4) is 0 Å². The SMILES string of the molecule is O=C(NCc1ccc(F)cc1)c1coc(CN(Cc2ccc(F)cc2)Cc2ccc(C(F)(F)F)cc2)n1. The van der Waals surface area contributed by atoms with E-state index in [-0.39, 0.29) is 42.9 Å². The molecule has 0 aliphatic heterocycles. The van der Waals surface area contributed by atoms with Crippen LogP contribution in [0.1, 0.15) is 38.6 Å². The lowest BCUT2D eigenvalue weighted by Crippen LogP contribution is -2.24. The van der Waals surface area contributed by atoms with E-state index in [0.29, 0.717) is 17.7 Å². The number of alkyl halides is 3. The van der Waals surface area contributed by atoms with Crippen molar-refractivity contribution in [2.45, 2.75) is 32.4 Å². The molecule has 0 atom stereocenters. The molecule has 0 unspecified atom stereocenters. The third-order valence-corrected chi connectivity index (χ3v) is 5.52. The molecule has 0 spiro atoms. The normalized spacial score (nSPS) is 11.6. The zero-order valence-corrected chi connectivity index (χ0v) is 19.4. The third-order valence-electron chi connectivity index (χ3n) is 5.52. The van der Waals surface area contributed by atoms with Crippen molar-refractivity contribution in [3.8, 4) is 0 Å². The van der Waals surface area contributed by atoms with Crippen LogP contribution in [0.2, 0.25) is 0 Å². The Bertz CT molecular complexity index is 1320. The predicted octanol–water partition coefficient (Wildman–Crippen LogP) is 6.10. The molecule has 1 N–H and O–H groups in total. The van der Waals surface area contributed by atoms with Gasteiger partial charge in [0.05, 0.1) is 12.1 Å². The molecule has 4 aromatic rings. The maximum absolute atomic E-state index is 13.3. The molecule has 0 saturated carbocycles. The first-order valence-electron chi connectivity index (χ1n) is 11.3. The van der Waals surface area contributed by atoms with Gasteiger partial charge in [-0.3, -0.25) is 9.69 Å². The highest BCUT2D eigenvalue weighted by Crippen LogP contribution is 2.29. The summed E-state index contributed by atoms with van der Waals surface area (Å²) in [5.41, 5.74) is 1.41. The van der Waals surface area contributed by atoms with E-state index < -0.39 is 17.6 Å². The van der Waals surface area contributed by atoms with Gasteiger partial charge in [-0.25, -0.2) is 13.8 Å². The number of rotatable bonds is 9. The fraction of sp³-hybridized carbons (Fsp3) is 0.185. The number of nitrogens with zero attached hydrogens (tertiary/aromatic N) is 2. The average Bonchev–Trinajstić information content (AvgIpc) is 3.33. The standard InChI is InChI=1S/C27H22F5N3O2/c28-22-9-3-18(4-10-22)13-33-26(36)24-17-37-25(34-24)16-35(15-20-5-11-23(29)12-6-20)14-19-1-7-21(8-2-19)27(30,31)32/h1-12,17H,13-16H2,(H,33,36). The van der Waals surface area contributed by atoms with E-state index in [1.807, 2.05) is 4.90 Å². The van der Waals surface area contributed by atoms with Crippen LogP contribution in [0, 0.1) is 11.6 Å². The fourth-order valence-corrected chi connectivity index (χ4v) is 3.63. The van der Waals surface area contributed by atoms with Crippen LogP contribution >= 0.6 is 0 Å². The molecule has 4 rings (SSSR count). The highest BCUT2D eigenvalue weighted by atomic mass is 19.4. The van der Waals surface area contributed by atoms with Crippen LogP contribution in [-0.4, -0.2) is 15.8 Å². The van der Waals surface area contributed by atoms with Crippen LogP contribution in [0.4, 0.5) is 22.0 Å². The first kappa shape index (κ1) is 26.0. The summed E-state index contributed by atoms with van der Waals surface area (Å²) >= 11 is 0. The molecule has 192 valence electrons. The van der Waals surface area contributed by atoms with Crippen molar-refractivity contribution in [3.05, 3.63) is 125 Å². The first-order valence-corrected chi connectivity index (χ1v) is 11.3. The Morgan fingerprint density at radius 2 is 1.30 bits per heavy atom. The minimum atomic E-state index is -4.43. The molecule has 0 radical (unpaired) electrons. The highest BCUT2D eigenvalue weighted by molar-refractivity contribution is 5.91. The molecule has 0 saturated heterocycles. The van der Waals surface area contributed by atoms with Gasteiger partial charge in [0.2, 0.25) is 5.89 Å². The Morgan fingerprint density at radius 3 is 1.84 bits per heavy atom. The van der Waals surface area contributed by atoms with E-state index in [4.69, 9.17) is 4.42 Å². The van der Waals surface area contributed by atoms with Crippen LogP contribution < -0.4 is 5.32 Å². The summed E-state index contributed by atoms with van der Waals surface area (Å²) in [4.78, 5) is 18.5. The Morgan fingerprint density at radius 1 is 0.784 bits per heavy atom. The minimum absolute atomic E-state index is 0.0494. The number of hydrogen-bond donors (Lipinski definition) is 1. The van der Waals surface area contributed by atoms with Crippen molar-refractivity contribution in [3.63, 3.8) is 0 Å². The average molecular weight is 515 g/mol. The van der Waals surface area contributed by atoms with Gasteiger partial charge >= 0.3 is 6.18 Å². The van der Waals surface area contributed by atoms with E-state index in [2.05, 4.69) is 10.3 Å².